The van der Waals surface area contributed by atoms with E-state index in [2.05, 4.69) is 22.1 Å². The second kappa shape index (κ2) is 7.00. The predicted octanol–water partition coefficient (Wildman–Crippen LogP) is 0.879. The summed E-state index contributed by atoms with van der Waals surface area (Å²) in [6.07, 6.45) is 1.22. The first-order valence-corrected chi connectivity index (χ1v) is 7.59. The molecule has 106 valence electrons. The van der Waals surface area contributed by atoms with Gasteiger partial charge in [-0.1, -0.05) is 6.92 Å². The number of nitrogens with two attached hydrogens (primary N) is 1. The van der Waals surface area contributed by atoms with Crippen LogP contribution >= 0.6 is 11.3 Å². The Balaban J connectivity index is 1.82. The second-order valence-electron chi connectivity index (χ2n) is 4.86. The van der Waals surface area contributed by atoms with Gasteiger partial charge in [-0.05, 0) is 25.1 Å². The standard InChI is InChI=1S/C13H22N4OS/c1-2-5-16-6-8-17(9-7-16)10-11-3-4-12(19-11)13(18)15-14/h3-4H,2,5-10,14H2,1H3,(H,15,18). The normalized spacial score (nSPS) is 17.6. The highest BCUT2D eigenvalue weighted by molar-refractivity contribution is 7.14. The SMILES string of the molecule is CCCN1CCN(Cc2ccc(C(=O)NN)s2)CC1. The predicted molar refractivity (Wildman–Crippen MR) is 78.0 cm³/mol. The van der Waals surface area contributed by atoms with Crippen LogP contribution in [-0.2, 0) is 6.54 Å². The zero-order chi connectivity index (χ0) is 13.7. The van der Waals surface area contributed by atoms with Gasteiger partial charge in [-0.15, -0.1) is 11.3 Å². The lowest BCUT2D eigenvalue weighted by atomic mass is 10.3. The summed E-state index contributed by atoms with van der Waals surface area (Å²) >= 11 is 1.52. The third-order valence-electron chi connectivity index (χ3n) is 3.40. The number of hydrazine groups is 1. The number of nitrogen functional groups attached to an aromatic ring is 1. The summed E-state index contributed by atoms with van der Waals surface area (Å²) in [5, 5.41) is 0. The molecule has 19 heavy (non-hydrogen) atoms. The van der Waals surface area contributed by atoms with E-state index in [1.807, 2.05) is 12.1 Å². The minimum atomic E-state index is -0.205. The molecule has 0 aromatic carbocycles. The van der Waals surface area contributed by atoms with E-state index in [0.717, 1.165) is 32.7 Å². The first kappa shape index (κ1) is 14.5. The van der Waals surface area contributed by atoms with Crippen LogP contribution in [0.25, 0.3) is 0 Å². The summed E-state index contributed by atoms with van der Waals surface area (Å²) in [7, 11) is 0. The Morgan fingerprint density at radius 2 is 2.00 bits per heavy atom. The van der Waals surface area contributed by atoms with Gasteiger partial charge in [0.15, 0.2) is 0 Å². The van der Waals surface area contributed by atoms with E-state index >= 15 is 0 Å². The number of carbonyl (C=O) groups is 1. The lowest BCUT2D eigenvalue weighted by Gasteiger charge is -2.34. The van der Waals surface area contributed by atoms with Crippen molar-refractivity contribution in [2.75, 3.05) is 32.7 Å². The van der Waals surface area contributed by atoms with Crippen LogP contribution in [0.3, 0.4) is 0 Å². The molecule has 0 radical (unpaired) electrons. The number of rotatable bonds is 5. The van der Waals surface area contributed by atoms with E-state index in [4.69, 9.17) is 5.84 Å². The highest BCUT2D eigenvalue weighted by Gasteiger charge is 2.17. The molecule has 0 aliphatic carbocycles. The molecule has 3 N–H and O–H groups in total. The lowest BCUT2D eigenvalue weighted by Crippen LogP contribution is -2.45. The Morgan fingerprint density at radius 1 is 1.32 bits per heavy atom. The van der Waals surface area contributed by atoms with Gasteiger partial charge in [0.2, 0.25) is 0 Å². The molecule has 1 amide bonds. The molecule has 0 spiro atoms. The third-order valence-corrected chi connectivity index (χ3v) is 4.47. The minimum absolute atomic E-state index is 0.205. The van der Waals surface area contributed by atoms with Gasteiger partial charge in [0.05, 0.1) is 4.88 Å². The Kier molecular flexibility index (Phi) is 5.33. The largest absolute Gasteiger partial charge is 0.301 e. The fourth-order valence-electron chi connectivity index (χ4n) is 2.36. The summed E-state index contributed by atoms with van der Waals surface area (Å²) in [5.74, 6) is 4.93. The van der Waals surface area contributed by atoms with Crippen molar-refractivity contribution in [3.8, 4) is 0 Å². The van der Waals surface area contributed by atoms with Crippen molar-refractivity contribution in [2.24, 2.45) is 5.84 Å². The van der Waals surface area contributed by atoms with Crippen molar-refractivity contribution in [2.45, 2.75) is 19.9 Å². The van der Waals surface area contributed by atoms with Gasteiger partial charge in [-0.25, -0.2) is 5.84 Å². The van der Waals surface area contributed by atoms with Gasteiger partial charge >= 0.3 is 0 Å². The molecule has 1 aliphatic heterocycles. The number of hydrogen-bond donors (Lipinski definition) is 2. The molecule has 0 bridgehead atoms. The van der Waals surface area contributed by atoms with E-state index < -0.39 is 0 Å². The first-order valence-electron chi connectivity index (χ1n) is 6.77. The highest BCUT2D eigenvalue weighted by atomic mass is 32.1. The quantitative estimate of drug-likeness (QED) is 0.478. The summed E-state index contributed by atoms with van der Waals surface area (Å²) in [6, 6.07) is 3.86. The summed E-state index contributed by atoms with van der Waals surface area (Å²) < 4.78 is 0. The van der Waals surface area contributed by atoms with Crippen molar-refractivity contribution in [1.82, 2.24) is 15.2 Å². The molecule has 1 aromatic heterocycles. The number of amides is 1. The minimum Gasteiger partial charge on any atom is -0.301 e. The fourth-order valence-corrected chi connectivity index (χ4v) is 3.32. The maximum Gasteiger partial charge on any atom is 0.275 e. The zero-order valence-corrected chi connectivity index (χ0v) is 12.2. The number of hydrogen-bond acceptors (Lipinski definition) is 5. The Hall–Kier alpha value is -0.950. The van der Waals surface area contributed by atoms with E-state index in [1.165, 1.54) is 29.2 Å². The smallest absolute Gasteiger partial charge is 0.275 e. The van der Waals surface area contributed by atoms with E-state index in [9.17, 15) is 4.79 Å². The van der Waals surface area contributed by atoms with Gasteiger partial charge < -0.3 is 4.90 Å². The average Bonchev–Trinajstić information content (AvgIpc) is 2.89. The molecule has 1 saturated heterocycles. The highest BCUT2D eigenvalue weighted by Crippen LogP contribution is 2.19. The molecular formula is C13H22N4OS. The molecule has 0 saturated carbocycles. The molecule has 5 nitrogen and oxygen atoms in total. The average molecular weight is 282 g/mol. The maximum atomic E-state index is 11.4. The molecule has 0 atom stereocenters. The van der Waals surface area contributed by atoms with Gasteiger partial charge in [0.25, 0.3) is 5.91 Å². The summed E-state index contributed by atoms with van der Waals surface area (Å²) in [4.78, 5) is 18.3. The van der Waals surface area contributed by atoms with Crippen LogP contribution in [0, 0.1) is 0 Å². The van der Waals surface area contributed by atoms with Gasteiger partial charge in [0, 0.05) is 37.6 Å². The van der Waals surface area contributed by atoms with E-state index in [0.29, 0.717) is 4.88 Å². The van der Waals surface area contributed by atoms with Crippen LogP contribution in [0.1, 0.15) is 27.9 Å². The van der Waals surface area contributed by atoms with E-state index in [1.54, 1.807) is 0 Å². The van der Waals surface area contributed by atoms with Crippen molar-refractivity contribution >= 4 is 17.2 Å². The second-order valence-corrected chi connectivity index (χ2v) is 6.03. The summed E-state index contributed by atoms with van der Waals surface area (Å²) in [6.45, 7) is 8.87. The van der Waals surface area contributed by atoms with Crippen molar-refractivity contribution in [3.63, 3.8) is 0 Å². The number of carbonyl (C=O) groups excluding carboxylic acids is 1. The summed E-state index contributed by atoms with van der Waals surface area (Å²) in [5.41, 5.74) is 2.17. The first-order chi connectivity index (χ1) is 9.22. The number of nitrogens with zero attached hydrogens (tertiary/aromatic N) is 2. The number of thiophene rings is 1. The van der Waals surface area contributed by atoms with Crippen molar-refractivity contribution in [3.05, 3.63) is 21.9 Å². The monoisotopic (exact) mass is 282 g/mol. The van der Waals surface area contributed by atoms with Gasteiger partial charge in [-0.3, -0.25) is 15.1 Å². The molecule has 1 aromatic rings. The lowest BCUT2D eigenvalue weighted by molar-refractivity contribution is 0.0957. The maximum absolute atomic E-state index is 11.4. The molecule has 6 heteroatoms. The van der Waals surface area contributed by atoms with E-state index in [-0.39, 0.29) is 5.91 Å². The molecule has 0 unspecified atom stereocenters. The Bertz CT molecular complexity index is 413. The van der Waals surface area contributed by atoms with Gasteiger partial charge in [0.1, 0.15) is 0 Å². The molecule has 1 aliphatic rings. The zero-order valence-electron chi connectivity index (χ0n) is 11.4. The molecule has 2 rings (SSSR count). The van der Waals surface area contributed by atoms with Crippen molar-refractivity contribution < 1.29 is 4.79 Å². The van der Waals surface area contributed by atoms with Gasteiger partial charge in [-0.2, -0.15) is 0 Å². The van der Waals surface area contributed by atoms with Crippen molar-refractivity contribution in [1.29, 1.82) is 0 Å². The Morgan fingerprint density at radius 3 is 2.63 bits per heavy atom. The van der Waals surface area contributed by atoms with Crippen LogP contribution < -0.4 is 11.3 Å². The third kappa shape index (κ3) is 4.01. The molecular weight excluding hydrogens is 260 g/mol. The number of piperazine rings is 1. The van der Waals surface area contributed by atoms with Crippen LogP contribution in [0.4, 0.5) is 0 Å². The number of nitrogens with one attached hydrogen (secondary N) is 1. The van der Waals surface area contributed by atoms with Crippen LogP contribution in [0.5, 0.6) is 0 Å². The topological polar surface area (TPSA) is 61.6 Å². The Labute approximate surface area is 118 Å². The molecule has 1 fully saturated rings. The van der Waals surface area contributed by atoms with Crippen LogP contribution in [0.2, 0.25) is 0 Å². The van der Waals surface area contributed by atoms with Crippen LogP contribution in [0.15, 0.2) is 12.1 Å². The fraction of sp³-hybridized carbons (Fsp3) is 0.615. The van der Waals surface area contributed by atoms with Crippen LogP contribution in [-0.4, -0.2) is 48.4 Å². The molecule has 2 heterocycles.